The molecule has 10 heteroatoms. The molecule has 1 atom stereocenters. The van der Waals surface area contributed by atoms with Crippen LogP contribution in [0, 0.1) is 0 Å². The summed E-state index contributed by atoms with van der Waals surface area (Å²) in [6.45, 7) is 0. The van der Waals surface area contributed by atoms with E-state index in [1.54, 1.807) is 7.11 Å². The number of carbonyl (C=O) groups excluding carboxylic acids is 2. The first kappa shape index (κ1) is 21.2. The number of thioether (sulfide) groups is 1. The van der Waals surface area contributed by atoms with E-state index < -0.39 is 6.03 Å². The maximum absolute atomic E-state index is 11.8. The van der Waals surface area contributed by atoms with Crippen LogP contribution in [-0.4, -0.2) is 39.9 Å². The van der Waals surface area contributed by atoms with Crippen molar-refractivity contribution in [1.29, 1.82) is 0 Å². The Morgan fingerprint density at radius 2 is 2.03 bits per heavy atom. The lowest BCUT2D eigenvalue weighted by molar-refractivity contribution is -0.121. The van der Waals surface area contributed by atoms with Crippen molar-refractivity contribution in [3.63, 3.8) is 0 Å². The lowest BCUT2D eigenvalue weighted by Gasteiger charge is -2.23. The highest BCUT2D eigenvalue weighted by Gasteiger charge is 2.27. The molecular weight excluding hydrogens is 438 g/mol. The molecule has 2 heterocycles. The number of hydrogen-bond donors (Lipinski definition) is 2. The van der Waals surface area contributed by atoms with E-state index in [1.165, 1.54) is 11.8 Å². The average Bonchev–Trinajstić information content (AvgIpc) is 3.14. The summed E-state index contributed by atoms with van der Waals surface area (Å²) in [6.07, 6.45) is 0.537. The van der Waals surface area contributed by atoms with E-state index in [2.05, 4.69) is 20.8 Å². The van der Waals surface area contributed by atoms with E-state index in [1.807, 2.05) is 53.1 Å². The van der Waals surface area contributed by atoms with Crippen LogP contribution in [0.15, 0.2) is 53.7 Å². The van der Waals surface area contributed by atoms with E-state index in [-0.39, 0.29) is 18.4 Å². The molecule has 160 valence electrons. The number of hydrogen-bond acceptors (Lipinski definition) is 6. The lowest BCUT2D eigenvalue weighted by Crippen LogP contribution is -2.53. The predicted octanol–water partition coefficient (Wildman–Crippen LogP) is 3.36. The SMILES string of the molecule is COc1cccc(-n2c(CC3CC(=O)NC(=O)N3)nnc2SCc2ccccc2Cl)c1. The number of carbonyl (C=O) groups is 2. The van der Waals surface area contributed by atoms with E-state index >= 15 is 0 Å². The standard InChI is InChI=1S/C21H20ClN5O3S/c1-30-16-7-4-6-15(11-16)27-18(9-14-10-19(28)24-20(29)23-14)25-26-21(27)31-12-13-5-2-3-8-17(13)22/h2-8,11,14H,9-10,12H2,1H3,(H2,23,24,28,29). The molecule has 1 fully saturated rings. The van der Waals surface area contributed by atoms with Crippen LogP contribution in [0.4, 0.5) is 4.79 Å². The van der Waals surface area contributed by atoms with Gasteiger partial charge in [0.25, 0.3) is 0 Å². The number of urea groups is 1. The number of imide groups is 1. The molecule has 3 aromatic rings. The zero-order valence-electron chi connectivity index (χ0n) is 16.7. The second kappa shape index (κ2) is 9.40. The van der Waals surface area contributed by atoms with Gasteiger partial charge in [-0.15, -0.1) is 10.2 Å². The summed E-state index contributed by atoms with van der Waals surface area (Å²) >= 11 is 7.80. The van der Waals surface area contributed by atoms with Crippen LogP contribution >= 0.6 is 23.4 Å². The Balaban J connectivity index is 1.65. The monoisotopic (exact) mass is 457 g/mol. The molecule has 2 aromatic carbocycles. The van der Waals surface area contributed by atoms with Crippen molar-refractivity contribution in [1.82, 2.24) is 25.4 Å². The van der Waals surface area contributed by atoms with Gasteiger partial charge in [0, 0.05) is 35.7 Å². The summed E-state index contributed by atoms with van der Waals surface area (Å²) < 4.78 is 7.29. The third-order valence-electron chi connectivity index (χ3n) is 4.78. The first-order valence-corrected chi connectivity index (χ1v) is 10.9. The van der Waals surface area contributed by atoms with E-state index in [9.17, 15) is 9.59 Å². The molecule has 1 unspecified atom stereocenters. The molecule has 0 radical (unpaired) electrons. The van der Waals surface area contributed by atoms with Crippen LogP contribution in [0.1, 0.15) is 17.8 Å². The Morgan fingerprint density at radius 1 is 1.19 bits per heavy atom. The maximum atomic E-state index is 11.8. The summed E-state index contributed by atoms with van der Waals surface area (Å²) in [5.41, 5.74) is 1.82. The van der Waals surface area contributed by atoms with Gasteiger partial charge in [-0.05, 0) is 23.8 Å². The minimum absolute atomic E-state index is 0.179. The molecule has 0 spiro atoms. The fourth-order valence-corrected chi connectivity index (χ4v) is 4.57. The third-order valence-corrected chi connectivity index (χ3v) is 6.12. The highest BCUT2D eigenvalue weighted by Crippen LogP contribution is 2.29. The molecule has 0 aliphatic carbocycles. The van der Waals surface area contributed by atoms with Gasteiger partial charge in [-0.25, -0.2) is 4.79 Å². The Bertz CT molecular complexity index is 1100. The van der Waals surface area contributed by atoms with Gasteiger partial charge in [0.2, 0.25) is 5.91 Å². The summed E-state index contributed by atoms with van der Waals surface area (Å²) in [5, 5.41) is 15.1. The number of rotatable bonds is 7. The molecule has 3 amide bonds. The smallest absolute Gasteiger partial charge is 0.321 e. The molecular formula is C21H20ClN5O3S. The van der Waals surface area contributed by atoms with Crippen molar-refractivity contribution >= 4 is 35.3 Å². The summed E-state index contributed by atoms with van der Waals surface area (Å²) in [6, 6.07) is 14.4. The van der Waals surface area contributed by atoms with E-state index in [4.69, 9.17) is 16.3 Å². The third kappa shape index (κ3) is 5.00. The summed E-state index contributed by atoms with van der Waals surface area (Å²) in [4.78, 5) is 23.5. The van der Waals surface area contributed by atoms with Crippen LogP contribution < -0.4 is 15.4 Å². The largest absolute Gasteiger partial charge is 0.497 e. The van der Waals surface area contributed by atoms with Crippen molar-refractivity contribution in [3.8, 4) is 11.4 Å². The predicted molar refractivity (Wildman–Crippen MR) is 118 cm³/mol. The van der Waals surface area contributed by atoms with Gasteiger partial charge >= 0.3 is 6.03 Å². The number of aromatic nitrogens is 3. The topological polar surface area (TPSA) is 98.1 Å². The van der Waals surface area contributed by atoms with Crippen LogP contribution in [0.3, 0.4) is 0 Å². The normalized spacial score (nSPS) is 16.0. The first-order chi connectivity index (χ1) is 15.0. The van der Waals surface area contributed by atoms with Gasteiger partial charge in [0.1, 0.15) is 11.6 Å². The molecule has 8 nitrogen and oxygen atoms in total. The average molecular weight is 458 g/mol. The van der Waals surface area contributed by atoms with Gasteiger partial charge in [0.15, 0.2) is 5.16 Å². The molecule has 2 N–H and O–H groups in total. The van der Waals surface area contributed by atoms with Crippen LogP contribution in [0.5, 0.6) is 5.75 Å². The highest BCUT2D eigenvalue weighted by atomic mass is 35.5. The second-order valence-corrected chi connectivity index (χ2v) is 8.29. The van der Waals surface area contributed by atoms with Crippen LogP contribution in [-0.2, 0) is 17.0 Å². The molecule has 1 aliphatic heterocycles. The van der Waals surface area contributed by atoms with Gasteiger partial charge in [-0.3, -0.25) is 14.7 Å². The number of methoxy groups -OCH3 is 1. The molecule has 1 saturated heterocycles. The second-order valence-electron chi connectivity index (χ2n) is 6.94. The number of nitrogens with one attached hydrogen (secondary N) is 2. The molecule has 0 saturated carbocycles. The zero-order valence-corrected chi connectivity index (χ0v) is 18.2. The molecule has 0 bridgehead atoms. The number of halogens is 1. The molecule has 4 rings (SSSR count). The van der Waals surface area contributed by atoms with Gasteiger partial charge in [-0.1, -0.05) is 47.6 Å². The van der Waals surface area contributed by atoms with Crippen molar-refractivity contribution in [2.24, 2.45) is 0 Å². The van der Waals surface area contributed by atoms with Gasteiger partial charge in [0.05, 0.1) is 12.8 Å². The summed E-state index contributed by atoms with van der Waals surface area (Å²) in [7, 11) is 1.61. The molecule has 31 heavy (non-hydrogen) atoms. The zero-order chi connectivity index (χ0) is 21.8. The maximum Gasteiger partial charge on any atom is 0.321 e. The Morgan fingerprint density at radius 3 is 2.81 bits per heavy atom. The number of amides is 3. The number of ether oxygens (including phenoxy) is 1. The van der Waals surface area contributed by atoms with E-state index in [0.29, 0.717) is 33.9 Å². The number of benzene rings is 2. The van der Waals surface area contributed by atoms with Crippen molar-refractivity contribution in [2.75, 3.05) is 7.11 Å². The van der Waals surface area contributed by atoms with Gasteiger partial charge in [-0.2, -0.15) is 0 Å². The van der Waals surface area contributed by atoms with Crippen LogP contribution in [0.25, 0.3) is 5.69 Å². The number of nitrogens with zero attached hydrogens (tertiary/aromatic N) is 3. The van der Waals surface area contributed by atoms with Crippen LogP contribution in [0.2, 0.25) is 5.02 Å². The Labute approximate surface area is 188 Å². The van der Waals surface area contributed by atoms with Crippen molar-refractivity contribution < 1.29 is 14.3 Å². The van der Waals surface area contributed by atoms with Crippen molar-refractivity contribution in [2.45, 2.75) is 29.8 Å². The minimum Gasteiger partial charge on any atom is -0.497 e. The minimum atomic E-state index is -0.498. The molecule has 1 aromatic heterocycles. The first-order valence-electron chi connectivity index (χ1n) is 9.58. The van der Waals surface area contributed by atoms with E-state index in [0.717, 1.165) is 11.3 Å². The fraction of sp³-hybridized carbons (Fsp3) is 0.238. The fourth-order valence-electron chi connectivity index (χ4n) is 3.31. The highest BCUT2D eigenvalue weighted by molar-refractivity contribution is 7.98. The Hall–Kier alpha value is -3.04. The lowest BCUT2D eigenvalue weighted by atomic mass is 10.1. The summed E-state index contributed by atoms with van der Waals surface area (Å²) in [5.74, 6) is 1.64. The quantitative estimate of drug-likeness (QED) is 0.528. The van der Waals surface area contributed by atoms with Gasteiger partial charge < -0.3 is 10.1 Å². The Kier molecular flexibility index (Phi) is 6.43. The molecule has 1 aliphatic rings. The van der Waals surface area contributed by atoms with Crippen molar-refractivity contribution in [3.05, 3.63) is 64.9 Å².